The van der Waals surface area contributed by atoms with Gasteiger partial charge in [0.25, 0.3) is 17.9 Å². The SMILES string of the molecule is CCOc1ccccc1[Si](OC(C)=O)(OC(C)=O)OC(C)=O. The zero-order valence-corrected chi connectivity index (χ0v) is 13.9. The fraction of sp³-hybridized carbons (Fsp3) is 0.357. The van der Waals surface area contributed by atoms with Crippen LogP contribution >= 0.6 is 0 Å². The van der Waals surface area contributed by atoms with Gasteiger partial charge in [-0.15, -0.1) is 0 Å². The van der Waals surface area contributed by atoms with Crippen LogP contribution in [0.25, 0.3) is 0 Å². The van der Waals surface area contributed by atoms with Gasteiger partial charge in [-0.25, -0.2) is 0 Å². The van der Waals surface area contributed by atoms with E-state index < -0.39 is 26.7 Å². The zero-order valence-electron chi connectivity index (χ0n) is 12.9. The van der Waals surface area contributed by atoms with Crippen LogP contribution in [0.1, 0.15) is 27.7 Å². The van der Waals surface area contributed by atoms with Gasteiger partial charge >= 0.3 is 8.80 Å². The molecule has 1 aromatic rings. The monoisotopic (exact) mass is 326 g/mol. The summed E-state index contributed by atoms with van der Waals surface area (Å²) in [5.41, 5.74) is 0. The smallest absolute Gasteiger partial charge is 0.494 e. The van der Waals surface area contributed by atoms with Crippen molar-refractivity contribution in [2.45, 2.75) is 27.7 Å². The van der Waals surface area contributed by atoms with Gasteiger partial charge in [-0.05, 0) is 19.1 Å². The first-order chi connectivity index (χ1) is 10.3. The quantitative estimate of drug-likeness (QED) is 0.718. The number of hydrogen-bond donors (Lipinski definition) is 0. The van der Waals surface area contributed by atoms with Crippen LogP contribution in [-0.2, 0) is 27.7 Å². The number of carbonyl (C=O) groups is 3. The molecule has 7 nitrogen and oxygen atoms in total. The topological polar surface area (TPSA) is 88.1 Å². The Morgan fingerprint density at radius 1 is 0.909 bits per heavy atom. The second-order valence-electron chi connectivity index (χ2n) is 4.27. The minimum Gasteiger partial charge on any atom is -0.494 e. The van der Waals surface area contributed by atoms with Gasteiger partial charge < -0.3 is 18.0 Å². The molecule has 0 heterocycles. The molecule has 22 heavy (non-hydrogen) atoms. The second-order valence-corrected chi connectivity index (χ2v) is 6.53. The number of para-hydroxylation sites is 1. The van der Waals surface area contributed by atoms with Gasteiger partial charge in [-0.1, -0.05) is 12.1 Å². The standard InChI is InChI=1S/C14H18O7Si/c1-5-18-13-8-6-7-9-14(13)22(19-10(2)15,20-11(3)16)21-12(4)17/h6-9H,5H2,1-4H3. The lowest BCUT2D eigenvalue weighted by molar-refractivity contribution is -0.146. The first kappa shape index (κ1) is 17.7. The van der Waals surface area contributed by atoms with Crippen molar-refractivity contribution in [3.63, 3.8) is 0 Å². The Kier molecular flexibility index (Phi) is 6.11. The molecule has 0 fully saturated rings. The molecule has 0 unspecified atom stereocenters. The van der Waals surface area contributed by atoms with Gasteiger partial charge in [0.15, 0.2) is 0 Å². The number of ether oxygens (including phenoxy) is 1. The minimum absolute atomic E-state index is 0.234. The summed E-state index contributed by atoms with van der Waals surface area (Å²) in [5.74, 6) is -1.89. The first-order valence-corrected chi connectivity index (χ1v) is 8.34. The lowest BCUT2D eigenvalue weighted by Gasteiger charge is -2.27. The minimum atomic E-state index is -4.12. The molecule has 0 amide bonds. The van der Waals surface area contributed by atoms with E-state index in [1.165, 1.54) is 6.07 Å². The highest BCUT2D eigenvalue weighted by Gasteiger charge is 2.56. The molecule has 0 spiro atoms. The van der Waals surface area contributed by atoms with Crippen molar-refractivity contribution in [3.8, 4) is 5.75 Å². The summed E-state index contributed by atoms with van der Waals surface area (Å²) in [7, 11) is -4.12. The highest BCUT2D eigenvalue weighted by atomic mass is 28.4. The number of hydrogen-bond acceptors (Lipinski definition) is 7. The zero-order chi connectivity index (χ0) is 16.8. The van der Waals surface area contributed by atoms with Gasteiger partial charge in [0.1, 0.15) is 10.9 Å². The Morgan fingerprint density at radius 3 is 1.77 bits per heavy atom. The number of benzene rings is 1. The van der Waals surface area contributed by atoms with Crippen molar-refractivity contribution in [2.24, 2.45) is 0 Å². The van der Waals surface area contributed by atoms with Gasteiger partial charge in [0.05, 0.1) is 6.61 Å². The van der Waals surface area contributed by atoms with E-state index in [9.17, 15) is 14.4 Å². The summed E-state index contributed by atoms with van der Waals surface area (Å²) in [6.07, 6.45) is 0. The van der Waals surface area contributed by atoms with Crippen molar-refractivity contribution in [1.82, 2.24) is 0 Å². The molecular weight excluding hydrogens is 308 g/mol. The largest absolute Gasteiger partial charge is 0.746 e. The fourth-order valence-corrected chi connectivity index (χ4v) is 4.14. The average Bonchev–Trinajstić information content (AvgIpc) is 2.37. The molecule has 0 saturated carbocycles. The van der Waals surface area contributed by atoms with Crippen LogP contribution in [-0.4, -0.2) is 33.3 Å². The molecule has 1 aromatic carbocycles. The molecule has 120 valence electrons. The van der Waals surface area contributed by atoms with Crippen LogP contribution in [0.5, 0.6) is 5.75 Å². The normalized spacial score (nSPS) is 10.5. The van der Waals surface area contributed by atoms with Crippen LogP contribution in [0, 0.1) is 0 Å². The number of carbonyl (C=O) groups excluding carboxylic acids is 3. The van der Waals surface area contributed by atoms with Crippen molar-refractivity contribution in [3.05, 3.63) is 24.3 Å². The van der Waals surface area contributed by atoms with Crippen LogP contribution in [0.4, 0.5) is 0 Å². The predicted molar refractivity (Wildman–Crippen MR) is 78.3 cm³/mol. The molecule has 0 aliphatic heterocycles. The van der Waals surface area contributed by atoms with E-state index in [2.05, 4.69) is 0 Å². The van der Waals surface area contributed by atoms with E-state index >= 15 is 0 Å². The van der Waals surface area contributed by atoms with E-state index in [0.29, 0.717) is 12.4 Å². The van der Waals surface area contributed by atoms with Gasteiger partial charge in [-0.3, -0.25) is 14.4 Å². The third-order valence-corrected chi connectivity index (χ3v) is 5.09. The highest BCUT2D eigenvalue weighted by molar-refractivity contribution is 6.79. The lowest BCUT2D eigenvalue weighted by Crippen LogP contribution is -2.59. The summed E-state index contributed by atoms with van der Waals surface area (Å²) >= 11 is 0. The van der Waals surface area contributed by atoms with Gasteiger partial charge in [0, 0.05) is 20.8 Å². The third kappa shape index (κ3) is 4.59. The van der Waals surface area contributed by atoms with Crippen molar-refractivity contribution in [1.29, 1.82) is 0 Å². The van der Waals surface area contributed by atoms with Gasteiger partial charge in [-0.2, -0.15) is 0 Å². The maximum Gasteiger partial charge on any atom is 0.746 e. The van der Waals surface area contributed by atoms with E-state index in [0.717, 1.165) is 20.8 Å². The van der Waals surface area contributed by atoms with Crippen molar-refractivity contribution >= 4 is 31.9 Å². The van der Waals surface area contributed by atoms with Crippen molar-refractivity contribution < 1.29 is 32.4 Å². The predicted octanol–water partition coefficient (Wildman–Crippen LogP) is 0.920. The summed E-state index contributed by atoms with van der Waals surface area (Å²) in [6.45, 7) is 5.51. The number of rotatable bonds is 6. The van der Waals surface area contributed by atoms with Crippen LogP contribution in [0.15, 0.2) is 24.3 Å². The Balaban J connectivity index is 3.47. The lowest BCUT2D eigenvalue weighted by atomic mass is 10.3. The van der Waals surface area contributed by atoms with Crippen LogP contribution in [0.2, 0.25) is 0 Å². The average molecular weight is 326 g/mol. The third-order valence-electron chi connectivity index (χ3n) is 2.35. The van der Waals surface area contributed by atoms with Crippen LogP contribution in [0.3, 0.4) is 0 Å². The molecule has 0 atom stereocenters. The highest BCUT2D eigenvalue weighted by Crippen LogP contribution is 2.19. The Morgan fingerprint density at radius 2 is 1.36 bits per heavy atom. The Bertz CT molecular complexity index is 529. The van der Waals surface area contributed by atoms with E-state index in [1.54, 1.807) is 25.1 Å². The molecule has 0 aliphatic rings. The van der Waals surface area contributed by atoms with E-state index in [-0.39, 0.29) is 5.19 Å². The molecule has 0 aliphatic carbocycles. The molecule has 1 rings (SSSR count). The molecule has 0 N–H and O–H groups in total. The second kappa shape index (κ2) is 7.60. The maximum absolute atomic E-state index is 11.5. The van der Waals surface area contributed by atoms with E-state index in [4.69, 9.17) is 18.0 Å². The molecular formula is C14H18O7Si. The molecule has 0 aromatic heterocycles. The molecule has 0 bridgehead atoms. The van der Waals surface area contributed by atoms with E-state index in [1.807, 2.05) is 0 Å². The maximum atomic E-state index is 11.5. The Hall–Kier alpha value is -2.35. The fourth-order valence-electron chi connectivity index (χ4n) is 1.80. The molecule has 0 radical (unpaired) electrons. The Labute approximate surface area is 129 Å². The summed E-state index contributed by atoms with van der Waals surface area (Å²) in [4.78, 5) is 34.4. The molecule has 8 heteroatoms. The van der Waals surface area contributed by atoms with Crippen molar-refractivity contribution in [2.75, 3.05) is 6.61 Å². The summed E-state index contributed by atoms with van der Waals surface area (Å²) in [6, 6.07) is 6.47. The van der Waals surface area contributed by atoms with Gasteiger partial charge in [0.2, 0.25) is 0 Å². The first-order valence-electron chi connectivity index (χ1n) is 6.61. The summed E-state index contributed by atoms with van der Waals surface area (Å²) < 4.78 is 20.9. The van der Waals surface area contributed by atoms with Crippen LogP contribution < -0.4 is 9.92 Å². The summed E-state index contributed by atoms with van der Waals surface area (Å²) in [5, 5.41) is 0.234. The molecule has 0 saturated heterocycles.